The van der Waals surface area contributed by atoms with Crippen LogP contribution >= 0.6 is 0 Å². The van der Waals surface area contributed by atoms with E-state index in [4.69, 9.17) is 0 Å². The van der Waals surface area contributed by atoms with Crippen molar-refractivity contribution in [1.29, 1.82) is 0 Å². The van der Waals surface area contributed by atoms with E-state index in [2.05, 4.69) is 22.0 Å². The number of methoxy groups -OCH3 is 1. The van der Waals surface area contributed by atoms with E-state index in [0.29, 0.717) is 12.5 Å². The van der Waals surface area contributed by atoms with Gasteiger partial charge in [-0.05, 0) is 63.5 Å². The van der Waals surface area contributed by atoms with Crippen molar-refractivity contribution in [1.82, 2.24) is 10.2 Å². The first-order valence-corrected chi connectivity index (χ1v) is 7.88. The van der Waals surface area contributed by atoms with Gasteiger partial charge in [0.2, 0.25) is 0 Å². The largest absolute Gasteiger partial charge is 0.508 e. The summed E-state index contributed by atoms with van der Waals surface area (Å²) in [6, 6.07) is 4.05. The molecule has 0 saturated carbocycles. The molecular formula is C17H24N2O4. The van der Waals surface area contributed by atoms with Crippen LogP contribution in [0, 0.1) is 5.92 Å². The number of hydrogen-bond acceptors (Lipinski definition) is 5. The monoisotopic (exact) mass is 320 g/mol. The number of phenols is 1. The van der Waals surface area contributed by atoms with Crippen LogP contribution in [0.4, 0.5) is 0 Å². The summed E-state index contributed by atoms with van der Waals surface area (Å²) in [6.07, 6.45) is 3.26. The number of carbonyl (C=O) groups excluding carboxylic acids is 2. The van der Waals surface area contributed by atoms with E-state index in [0.717, 1.165) is 32.4 Å². The first-order chi connectivity index (χ1) is 11.0. The van der Waals surface area contributed by atoms with Crippen LogP contribution in [0.3, 0.4) is 0 Å². The molecule has 0 radical (unpaired) electrons. The van der Waals surface area contributed by atoms with E-state index in [-0.39, 0.29) is 22.8 Å². The molecule has 1 aliphatic rings. The Kier molecular flexibility index (Phi) is 5.98. The third-order valence-electron chi connectivity index (χ3n) is 4.28. The van der Waals surface area contributed by atoms with Gasteiger partial charge in [-0.1, -0.05) is 0 Å². The van der Waals surface area contributed by atoms with Crippen LogP contribution in [0.1, 0.15) is 40.0 Å². The van der Waals surface area contributed by atoms with E-state index < -0.39 is 5.97 Å². The Hall–Kier alpha value is -2.08. The Morgan fingerprint density at radius 1 is 1.26 bits per heavy atom. The molecule has 1 heterocycles. The lowest BCUT2D eigenvalue weighted by Gasteiger charge is -2.28. The number of aromatic hydroxyl groups is 1. The van der Waals surface area contributed by atoms with E-state index in [1.807, 2.05) is 0 Å². The standard InChI is InChI=1S/C17H24N2O4/c1-19-7-4-12(5-8-19)3-6-18-16(21)13-9-14(17(22)23-2)11-15(20)10-13/h9-12,20H,3-8H2,1-2H3,(H,18,21). The molecule has 0 unspecified atom stereocenters. The summed E-state index contributed by atoms with van der Waals surface area (Å²) in [5, 5.41) is 12.5. The van der Waals surface area contributed by atoms with Crippen molar-refractivity contribution in [2.24, 2.45) is 5.92 Å². The maximum absolute atomic E-state index is 12.2. The maximum Gasteiger partial charge on any atom is 0.338 e. The summed E-state index contributed by atoms with van der Waals surface area (Å²) in [7, 11) is 3.38. The van der Waals surface area contributed by atoms with Crippen LogP contribution in [0.2, 0.25) is 0 Å². The van der Waals surface area contributed by atoms with E-state index in [1.165, 1.54) is 25.3 Å². The summed E-state index contributed by atoms with van der Waals surface area (Å²) >= 11 is 0. The number of nitrogens with one attached hydrogen (secondary N) is 1. The second-order valence-electron chi connectivity index (χ2n) is 6.05. The molecule has 1 aromatic rings. The van der Waals surface area contributed by atoms with Crippen molar-refractivity contribution in [2.75, 3.05) is 33.8 Å². The third-order valence-corrected chi connectivity index (χ3v) is 4.28. The second-order valence-corrected chi connectivity index (χ2v) is 6.05. The normalized spacial score (nSPS) is 16.1. The zero-order valence-corrected chi connectivity index (χ0v) is 13.7. The van der Waals surface area contributed by atoms with Crippen LogP contribution in [0.15, 0.2) is 18.2 Å². The number of hydrogen-bond donors (Lipinski definition) is 2. The highest BCUT2D eigenvalue weighted by Crippen LogP contribution is 2.19. The Morgan fingerprint density at radius 2 is 1.91 bits per heavy atom. The zero-order valence-electron chi connectivity index (χ0n) is 13.7. The Morgan fingerprint density at radius 3 is 2.57 bits per heavy atom. The van der Waals surface area contributed by atoms with Crippen LogP contribution in [-0.4, -0.2) is 55.7 Å². The lowest BCUT2D eigenvalue weighted by Crippen LogP contribution is -2.32. The van der Waals surface area contributed by atoms with Crippen LogP contribution in [0.5, 0.6) is 5.75 Å². The molecule has 0 aliphatic carbocycles. The first kappa shape index (κ1) is 17.3. The second kappa shape index (κ2) is 7.97. The Bertz CT molecular complexity index is 566. The summed E-state index contributed by atoms with van der Waals surface area (Å²) < 4.78 is 4.61. The highest BCUT2D eigenvalue weighted by Gasteiger charge is 2.17. The molecular weight excluding hydrogens is 296 g/mol. The first-order valence-electron chi connectivity index (χ1n) is 7.88. The minimum absolute atomic E-state index is 0.131. The summed E-state index contributed by atoms with van der Waals surface area (Å²) in [4.78, 5) is 26.0. The van der Waals surface area contributed by atoms with Crippen LogP contribution in [-0.2, 0) is 4.74 Å². The molecule has 1 aliphatic heterocycles. The lowest BCUT2D eigenvalue weighted by atomic mass is 9.94. The molecule has 2 N–H and O–H groups in total. The number of phenolic OH excluding ortho intramolecular Hbond substituents is 1. The molecule has 0 aromatic heterocycles. The van der Waals surface area contributed by atoms with Gasteiger partial charge >= 0.3 is 5.97 Å². The van der Waals surface area contributed by atoms with E-state index in [9.17, 15) is 14.7 Å². The highest BCUT2D eigenvalue weighted by atomic mass is 16.5. The van der Waals surface area contributed by atoms with Gasteiger partial charge in [-0.2, -0.15) is 0 Å². The topological polar surface area (TPSA) is 78.9 Å². The molecule has 1 aromatic carbocycles. The van der Waals surface area contributed by atoms with Crippen molar-refractivity contribution in [3.63, 3.8) is 0 Å². The summed E-state index contributed by atoms with van der Waals surface area (Å²) in [5.41, 5.74) is 0.418. The predicted octanol–water partition coefficient (Wildman–Crippen LogP) is 1.64. The Labute approximate surface area is 136 Å². The third kappa shape index (κ3) is 4.96. The van der Waals surface area contributed by atoms with E-state index >= 15 is 0 Å². The van der Waals surface area contributed by atoms with Crippen molar-refractivity contribution in [3.05, 3.63) is 29.3 Å². The van der Waals surface area contributed by atoms with Crippen molar-refractivity contribution in [2.45, 2.75) is 19.3 Å². The predicted molar refractivity (Wildman–Crippen MR) is 86.6 cm³/mol. The molecule has 2 rings (SSSR count). The quantitative estimate of drug-likeness (QED) is 0.806. The van der Waals surface area contributed by atoms with Crippen molar-refractivity contribution < 1.29 is 19.4 Å². The van der Waals surface area contributed by atoms with Gasteiger partial charge in [0, 0.05) is 12.1 Å². The van der Waals surface area contributed by atoms with Crippen LogP contribution in [0.25, 0.3) is 0 Å². The number of nitrogens with zero attached hydrogens (tertiary/aromatic N) is 1. The number of amides is 1. The van der Waals surface area contributed by atoms with Gasteiger partial charge in [-0.25, -0.2) is 4.79 Å². The molecule has 1 fully saturated rings. The minimum atomic E-state index is -0.582. The van der Waals surface area contributed by atoms with Gasteiger partial charge in [-0.15, -0.1) is 0 Å². The average molecular weight is 320 g/mol. The zero-order chi connectivity index (χ0) is 16.8. The molecule has 1 saturated heterocycles. The fourth-order valence-corrected chi connectivity index (χ4v) is 2.82. The number of esters is 1. The molecule has 6 heteroatoms. The molecule has 0 atom stereocenters. The van der Waals surface area contributed by atoms with Crippen molar-refractivity contribution >= 4 is 11.9 Å². The van der Waals surface area contributed by atoms with Gasteiger partial charge < -0.3 is 20.1 Å². The van der Waals surface area contributed by atoms with Gasteiger partial charge in [0.1, 0.15) is 5.75 Å². The minimum Gasteiger partial charge on any atom is -0.508 e. The smallest absolute Gasteiger partial charge is 0.338 e. The molecule has 126 valence electrons. The summed E-state index contributed by atoms with van der Waals surface area (Å²) in [5.74, 6) is -0.366. The van der Waals surface area contributed by atoms with Crippen LogP contribution < -0.4 is 5.32 Å². The highest BCUT2D eigenvalue weighted by molar-refractivity contribution is 5.98. The number of rotatable bonds is 5. The average Bonchev–Trinajstić information content (AvgIpc) is 2.55. The number of likely N-dealkylation sites (tertiary alicyclic amines) is 1. The SMILES string of the molecule is COC(=O)c1cc(O)cc(C(=O)NCCC2CCN(C)CC2)c1. The van der Waals surface area contributed by atoms with Crippen molar-refractivity contribution in [3.8, 4) is 5.75 Å². The molecule has 0 bridgehead atoms. The number of ether oxygens (including phenoxy) is 1. The fourth-order valence-electron chi connectivity index (χ4n) is 2.82. The molecule has 6 nitrogen and oxygen atoms in total. The number of piperidine rings is 1. The molecule has 23 heavy (non-hydrogen) atoms. The Balaban J connectivity index is 1.88. The van der Waals surface area contributed by atoms with Gasteiger partial charge in [0.25, 0.3) is 5.91 Å². The fraction of sp³-hybridized carbons (Fsp3) is 0.529. The van der Waals surface area contributed by atoms with Gasteiger partial charge in [0.05, 0.1) is 12.7 Å². The van der Waals surface area contributed by atoms with Gasteiger partial charge in [0.15, 0.2) is 0 Å². The lowest BCUT2D eigenvalue weighted by molar-refractivity contribution is 0.0600. The van der Waals surface area contributed by atoms with E-state index in [1.54, 1.807) is 0 Å². The maximum atomic E-state index is 12.2. The number of carbonyl (C=O) groups is 2. The molecule has 1 amide bonds. The van der Waals surface area contributed by atoms with Gasteiger partial charge in [-0.3, -0.25) is 4.79 Å². The summed E-state index contributed by atoms with van der Waals surface area (Å²) in [6.45, 7) is 2.80. The number of benzene rings is 1. The molecule has 0 spiro atoms.